The molecule has 9 nitrogen and oxygen atoms in total. The summed E-state index contributed by atoms with van der Waals surface area (Å²) in [5, 5.41) is 12.0. The van der Waals surface area contributed by atoms with E-state index in [2.05, 4.69) is 20.5 Å². The third-order valence-corrected chi connectivity index (χ3v) is 6.15. The van der Waals surface area contributed by atoms with Gasteiger partial charge in [0.05, 0.1) is 22.4 Å². The van der Waals surface area contributed by atoms with Gasteiger partial charge in [-0.25, -0.2) is 9.78 Å². The predicted octanol–water partition coefficient (Wildman–Crippen LogP) is 4.10. The van der Waals surface area contributed by atoms with Crippen molar-refractivity contribution in [1.29, 1.82) is 0 Å². The van der Waals surface area contributed by atoms with Crippen LogP contribution in [-0.2, 0) is 9.53 Å². The zero-order valence-electron chi connectivity index (χ0n) is 18.2. The number of thiazole rings is 1. The molecule has 11 heteroatoms. The number of aryl methyl sites for hydroxylation is 1. The predicted molar refractivity (Wildman–Crippen MR) is 128 cm³/mol. The molecule has 0 aliphatic rings. The fourth-order valence-electron chi connectivity index (χ4n) is 3.10. The quantitative estimate of drug-likeness (QED) is 0.295. The number of aromatic nitrogens is 4. The lowest BCUT2D eigenvalue weighted by molar-refractivity contribution is -0.119. The van der Waals surface area contributed by atoms with Crippen molar-refractivity contribution < 1.29 is 19.1 Å². The van der Waals surface area contributed by atoms with Gasteiger partial charge >= 0.3 is 5.97 Å². The van der Waals surface area contributed by atoms with E-state index in [0.717, 1.165) is 32.6 Å². The molecule has 0 bridgehead atoms. The Hall–Kier alpha value is -3.44. The summed E-state index contributed by atoms with van der Waals surface area (Å²) in [6, 6.07) is 12.4. The lowest BCUT2D eigenvalue weighted by Crippen LogP contribution is -2.20. The van der Waals surface area contributed by atoms with Crippen LogP contribution in [0.3, 0.4) is 0 Å². The van der Waals surface area contributed by atoms with Gasteiger partial charge in [0.2, 0.25) is 0 Å². The van der Waals surface area contributed by atoms with Crippen LogP contribution in [0.2, 0.25) is 0 Å². The van der Waals surface area contributed by atoms with E-state index in [4.69, 9.17) is 9.47 Å². The molecular formula is C22H21N5O4S2. The Bertz CT molecular complexity index is 1300. The van der Waals surface area contributed by atoms with E-state index in [0.29, 0.717) is 17.3 Å². The summed E-state index contributed by atoms with van der Waals surface area (Å²) in [4.78, 5) is 29.0. The molecule has 0 spiro atoms. The molecule has 0 atom stereocenters. The first-order valence-corrected chi connectivity index (χ1v) is 12.1. The number of hydrogen-bond donors (Lipinski definition) is 1. The van der Waals surface area contributed by atoms with Crippen molar-refractivity contribution in [3.63, 3.8) is 0 Å². The SMILES string of the molecule is CCOc1ccc2nc(NC(=O)COC(=O)c3ccc(-n4c(C)nnc4SC)cc3)sc2c1. The number of rotatable bonds is 8. The van der Waals surface area contributed by atoms with E-state index >= 15 is 0 Å². The zero-order chi connectivity index (χ0) is 23.4. The van der Waals surface area contributed by atoms with Gasteiger partial charge in [-0.15, -0.1) is 10.2 Å². The maximum atomic E-state index is 12.4. The normalized spacial score (nSPS) is 10.9. The highest BCUT2D eigenvalue weighted by molar-refractivity contribution is 7.98. The highest BCUT2D eigenvalue weighted by atomic mass is 32.2. The second kappa shape index (κ2) is 10.0. The van der Waals surface area contributed by atoms with Crippen molar-refractivity contribution >= 4 is 50.3 Å². The second-order valence-electron chi connectivity index (χ2n) is 6.82. The molecule has 0 aliphatic carbocycles. The number of anilines is 1. The van der Waals surface area contributed by atoms with Gasteiger partial charge in [0.15, 0.2) is 16.9 Å². The Balaban J connectivity index is 1.35. The molecule has 2 heterocycles. The topological polar surface area (TPSA) is 108 Å². The van der Waals surface area contributed by atoms with Crippen molar-refractivity contribution in [2.45, 2.75) is 19.0 Å². The highest BCUT2D eigenvalue weighted by Gasteiger charge is 2.14. The van der Waals surface area contributed by atoms with E-state index in [1.54, 1.807) is 24.3 Å². The lowest BCUT2D eigenvalue weighted by Gasteiger charge is -2.08. The number of thioether (sulfide) groups is 1. The van der Waals surface area contributed by atoms with Crippen LogP contribution in [0.25, 0.3) is 15.9 Å². The summed E-state index contributed by atoms with van der Waals surface area (Å²) >= 11 is 2.80. The van der Waals surface area contributed by atoms with Crippen molar-refractivity contribution in [2.75, 3.05) is 24.8 Å². The summed E-state index contributed by atoms with van der Waals surface area (Å²) in [5.74, 6) is 0.438. The maximum Gasteiger partial charge on any atom is 0.338 e. The number of amides is 1. The van der Waals surface area contributed by atoms with Gasteiger partial charge in [0, 0.05) is 5.69 Å². The van der Waals surface area contributed by atoms with Crippen LogP contribution >= 0.6 is 23.1 Å². The van der Waals surface area contributed by atoms with E-state index in [9.17, 15) is 9.59 Å². The number of esters is 1. The van der Waals surface area contributed by atoms with E-state index < -0.39 is 18.5 Å². The number of nitrogens with one attached hydrogen (secondary N) is 1. The average Bonchev–Trinajstić information content (AvgIpc) is 3.39. The molecule has 1 N–H and O–H groups in total. The molecule has 0 unspecified atom stereocenters. The van der Waals surface area contributed by atoms with Crippen LogP contribution in [0.5, 0.6) is 5.75 Å². The molecule has 0 aliphatic heterocycles. The Kier molecular flexibility index (Phi) is 6.90. The largest absolute Gasteiger partial charge is 0.494 e. The van der Waals surface area contributed by atoms with Crippen LogP contribution in [0, 0.1) is 6.92 Å². The van der Waals surface area contributed by atoms with E-state index in [1.807, 2.05) is 42.9 Å². The lowest BCUT2D eigenvalue weighted by atomic mass is 10.2. The number of carbonyl (C=O) groups is 2. The van der Waals surface area contributed by atoms with Crippen LogP contribution in [0.1, 0.15) is 23.1 Å². The molecule has 2 aromatic carbocycles. The summed E-state index contributed by atoms with van der Waals surface area (Å²) in [5.41, 5.74) is 1.93. The van der Waals surface area contributed by atoms with Gasteiger partial charge in [-0.05, 0) is 62.6 Å². The number of nitrogens with zero attached hydrogens (tertiary/aromatic N) is 4. The van der Waals surface area contributed by atoms with Crippen molar-refractivity contribution in [3.8, 4) is 11.4 Å². The summed E-state index contributed by atoms with van der Waals surface area (Å²) in [7, 11) is 0. The monoisotopic (exact) mass is 483 g/mol. The Morgan fingerprint density at radius 1 is 1.15 bits per heavy atom. The van der Waals surface area contributed by atoms with Crippen LogP contribution < -0.4 is 10.1 Å². The number of carbonyl (C=O) groups excluding carboxylic acids is 2. The first kappa shape index (κ1) is 22.7. The van der Waals surface area contributed by atoms with E-state index in [-0.39, 0.29) is 0 Å². The number of benzene rings is 2. The summed E-state index contributed by atoms with van der Waals surface area (Å²) in [6.45, 7) is 3.93. The molecule has 0 saturated heterocycles. The summed E-state index contributed by atoms with van der Waals surface area (Å²) in [6.07, 6.45) is 1.92. The molecule has 2 aromatic heterocycles. The van der Waals surface area contributed by atoms with Gasteiger partial charge in [0.25, 0.3) is 5.91 Å². The van der Waals surface area contributed by atoms with Crippen molar-refractivity contribution in [2.24, 2.45) is 0 Å². The minimum absolute atomic E-state index is 0.339. The van der Waals surface area contributed by atoms with Crippen molar-refractivity contribution in [1.82, 2.24) is 19.7 Å². The molecule has 0 fully saturated rings. The van der Waals surface area contributed by atoms with Gasteiger partial charge in [0.1, 0.15) is 11.6 Å². The van der Waals surface area contributed by atoms with Gasteiger partial charge < -0.3 is 9.47 Å². The number of fused-ring (bicyclic) bond motifs is 1. The van der Waals surface area contributed by atoms with Gasteiger partial charge in [-0.3, -0.25) is 14.7 Å². The van der Waals surface area contributed by atoms with Crippen molar-refractivity contribution in [3.05, 3.63) is 53.9 Å². The van der Waals surface area contributed by atoms with Gasteiger partial charge in [-0.2, -0.15) is 0 Å². The zero-order valence-corrected chi connectivity index (χ0v) is 19.8. The Morgan fingerprint density at radius 3 is 2.67 bits per heavy atom. The van der Waals surface area contributed by atoms with Gasteiger partial charge in [-0.1, -0.05) is 23.1 Å². The van der Waals surface area contributed by atoms with Crippen LogP contribution in [0.4, 0.5) is 5.13 Å². The molecule has 170 valence electrons. The second-order valence-corrected chi connectivity index (χ2v) is 8.63. The average molecular weight is 484 g/mol. The first-order valence-electron chi connectivity index (χ1n) is 10.0. The molecule has 0 radical (unpaired) electrons. The molecule has 4 aromatic rings. The smallest absolute Gasteiger partial charge is 0.338 e. The third kappa shape index (κ3) is 5.15. The molecule has 0 saturated carbocycles. The fourth-order valence-corrected chi connectivity index (χ4v) is 4.56. The molecule has 1 amide bonds. The fraction of sp³-hybridized carbons (Fsp3) is 0.227. The molecule has 33 heavy (non-hydrogen) atoms. The number of ether oxygens (including phenoxy) is 2. The molecular weight excluding hydrogens is 462 g/mol. The highest BCUT2D eigenvalue weighted by Crippen LogP contribution is 2.29. The Morgan fingerprint density at radius 2 is 1.94 bits per heavy atom. The van der Waals surface area contributed by atoms with E-state index in [1.165, 1.54) is 23.1 Å². The first-order chi connectivity index (χ1) is 16.0. The van der Waals surface area contributed by atoms with Crippen LogP contribution in [0.15, 0.2) is 47.6 Å². The minimum atomic E-state index is -0.590. The summed E-state index contributed by atoms with van der Waals surface area (Å²) < 4.78 is 13.4. The minimum Gasteiger partial charge on any atom is -0.494 e. The Labute approximate surface area is 198 Å². The van der Waals surface area contributed by atoms with Crippen LogP contribution in [-0.4, -0.2) is 51.1 Å². The number of hydrogen-bond acceptors (Lipinski definition) is 9. The maximum absolute atomic E-state index is 12.4. The third-order valence-electron chi connectivity index (χ3n) is 4.59. The standard InChI is InChI=1S/C22H21N5O4S2/c1-4-30-16-9-10-17-18(11-16)33-21(23-17)24-19(28)12-31-20(29)14-5-7-15(8-6-14)27-13(2)25-26-22(27)32-3/h5-11H,4,12H2,1-3H3,(H,23,24,28). The molecule has 4 rings (SSSR count).